The Kier molecular flexibility index (Phi) is 4.28. The quantitative estimate of drug-likeness (QED) is 0.796. The van der Waals surface area contributed by atoms with Crippen molar-refractivity contribution in [3.05, 3.63) is 33.8 Å². The molecule has 0 aliphatic rings. The lowest BCUT2D eigenvalue weighted by molar-refractivity contribution is 0.0780. The second kappa shape index (κ2) is 6.13. The van der Waals surface area contributed by atoms with E-state index in [0.29, 0.717) is 18.8 Å². The summed E-state index contributed by atoms with van der Waals surface area (Å²) in [6.45, 7) is 0.858. The molecule has 6 nitrogen and oxygen atoms in total. The largest absolute Gasteiger partial charge is 0.335 e. The molecule has 0 aliphatic heterocycles. The van der Waals surface area contributed by atoms with Gasteiger partial charge >= 0.3 is 0 Å². The summed E-state index contributed by atoms with van der Waals surface area (Å²) in [6.07, 6.45) is 1.41. The van der Waals surface area contributed by atoms with E-state index in [9.17, 15) is 4.79 Å². The highest BCUT2D eigenvalue weighted by atomic mass is 32.1. The van der Waals surface area contributed by atoms with Crippen LogP contribution in [0.3, 0.4) is 0 Å². The number of hydrogen-bond acceptors (Lipinski definition) is 5. The minimum Gasteiger partial charge on any atom is -0.335 e. The number of aromatic amines is 1. The van der Waals surface area contributed by atoms with Crippen molar-refractivity contribution in [3.8, 4) is 11.8 Å². The number of carbonyl (C=O) groups is 1. The van der Waals surface area contributed by atoms with Crippen LogP contribution in [0, 0.1) is 11.8 Å². The number of thiophene rings is 1. The molecule has 2 aromatic rings. The maximum atomic E-state index is 12.0. The number of nitrogens with two attached hydrogens (primary N) is 1. The smallest absolute Gasteiger partial charge is 0.276 e. The van der Waals surface area contributed by atoms with Gasteiger partial charge in [0.1, 0.15) is 0 Å². The second-order valence-corrected chi connectivity index (χ2v) is 4.82. The average molecular weight is 275 g/mol. The van der Waals surface area contributed by atoms with Crippen molar-refractivity contribution >= 4 is 17.2 Å². The summed E-state index contributed by atoms with van der Waals surface area (Å²) in [5, 5.41) is 11.8. The van der Waals surface area contributed by atoms with Gasteiger partial charge in [0.25, 0.3) is 5.91 Å². The van der Waals surface area contributed by atoms with Crippen LogP contribution < -0.4 is 5.73 Å². The molecule has 7 heteroatoms. The summed E-state index contributed by atoms with van der Waals surface area (Å²) < 4.78 is 0. The highest BCUT2D eigenvalue weighted by molar-refractivity contribution is 7.10. The van der Waals surface area contributed by atoms with Crippen molar-refractivity contribution in [1.82, 2.24) is 20.3 Å². The zero-order valence-electron chi connectivity index (χ0n) is 10.4. The number of amides is 1. The average Bonchev–Trinajstić information content (AvgIpc) is 3.06. The summed E-state index contributed by atoms with van der Waals surface area (Å²) in [6, 6.07) is 1.96. The normalized spacial score (nSPS) is 9.79. The first-order valence-corrected chi connectivity index (χ1v) is 6.46. The van der Waals surface area contributed by atoms with Gasteiger partial charge in [-0.25, -0.2) is 0 Å². The van der Waals surface area contributed by atoms with E-state index in [0.717, 1.165) is 10.4 Å². The van der Waals surface area contributed by atoms with Gasteiger partial charge in [-0.2, -0.15) is 15.4 Å². The van der Waals surface area contributed by atoms with E-state index in [2.05, 4.69) is 27.3 Å². The Morgan fingerprint density at radius 3 is 3.16 bits per heavy atom. The first-order chi connectivity index (χ1) is 9.20. The fourth-order valence-electron chi connectivity index (χ4n) is 1.49. The molecule has 3 N–H and O–H groups in total. The van der Waals surface area contributed by atoms with Crippen molar-refractivity contribution in [1.29, 1.82) is 0 Å². The molecule has 0 fully saturated rings. The third-order valence-electron chi connectivity index (χ3n) is 2.36. The van der Waals surface area contributed by atoms with E-state index in [1.54, 1.807) is 23.3 Å². The van der Waals surface area contributed by atoms with Gasteiger partial charge in [-0.3, -0.25) is 4.79 Å². The van der Waals surface area contributed by atoms with Crippen molar-refractivity contribution < 1.29 is 4.79 Å². The van der Waals surface area contributed by atoms with Gasteiger partial charge in [-0.1, -0.05) is 11.8 Å². The fourth-order valence-corrected chi connectivity index (χ4v) is 2.36. The van der Waals surface area contributed by atoms with Gasteiger partial charge in [0.05, 0.1) is 19.3 Å². The van der Waals surface area contributed by atoms with Crippen molar-refractivity contribution in [2.24, 2.45) is 5.73 Å². The molecule has 2 rings (SSSR count). The van der Waals surface area contributed by atoms with Crippen molar-refractivity contribution in [2.45, 2.75) is 6.54 Å². The van der Waals surface area contributed by atoms with Crippen LogP contribution >= 0.6 is 11.3 Å². The number of nitrogens with zero attached hydrogens (tertiary/aromatic N) is 3. The Labute approximate surface area is 114 Å². The fraction of sp³-hybridized carbons (Fsp3) is 0.250. The van der Waals surface area contributed by atoms with Crippen molar-refractivity contribution in [2.75, 3.05) is 13.6 Å². The Balaban J connectivity index is 2.01. The molecule has 0 aliphatic carbocycles. The standard InChI is InChI=1S/C12H13N5OS/c1-17(12(18)11-6-14-16-15-11)7-10-5-9(8-19-10)3-2-4-13/h5-6,8H,4,7,13H2,1H3,(H,14,15,16). The number of rotatable bonds is 3. The number of H-pyrrole nitrogens is 1. The summed E-state index contributed by atoms with van der Waals surface area (Å²) in [5.41, 5.74) is 6.55. The molecule has 19 heavy (non-hydrogen) atoms. The maximum absolute atomic E-state index is 12.0. The van der Waals surface area contributed by atoms with Crippen LogP contribution in [-0.4, -0.2) is 39.8 Å². The predicted octanol–water partition coefficient (Wildman–Crippen LogP) is 0.449. The molecule has 0 bridgehead atoms. The molecule has 0 atom stereocenters. The molecule has 0 saturated carbocycles. The van der Waals surface area contributed by atoms with Gasteiger partial charge in [0, 0.05) is 22.9 Å². The molecule has 2 aromatic heterocycles. The number of nitrogens with one attached hydrogen (secondary N) is 1. The lowest BCUT2D eigenvalue weighted by atomic mass is 10.3. The molecule has 0 spiro atoms. The van der Waals surface area contributed by atoms with Crippen LogP contribution in [0.5, 0.6) is 0 Å². The summed E-state index contributed by atoms with van der Waals surface area (Å²) >= 11 is 1.56. The second-order valence-electron chi connectivity index (χ2n) is 3.82. The SMILES string of the molecule is CN(Cc1cc(C#CCN)cs1)C(=O)c1cn[nH]n1. The van der Waals surface area contributed by atoms with Crippen LogP contribution in [0.15, 0.2) is 17.6 Å². The molecular weight excluding hydrogens is 262 g/mol. The first kappa shape index (κ1) is 13.3. The monoisotopic (exact) mass is 275 g/mol. The van der Waals surface area contributed by atoms with Crippen LogP contribution in [0.4, 0.5) is 0 Å². The summed E-state index contributed by atoms with van der Waals surface area (Å²) in [7, 11) is 1.72. The van der Waals surface area contributed by atoms with Crippen LogP contribution in [0.2, 0.25) is 0 Å². The van der Waals surface area contributed by atoms with E-state index in [1.807, 2.05) is 11.4 Å². The Bertz CT molecular complexity index is 608. The van der Waals surface area contributed by atoms with E-state index in [1.165, 1.54) is 6.20 Å². The minimum atomic E-state index is -0.170. The van der Waals surface area contributed by atoms with Crippen LogP contribution in [0.1, 0.15) is 20.9 Å². The maximum Gasteiger partial charge on any atom is 0.276 e. The zero-order valence-corrected chi connectivity index (χ0v) is 11.2. The number of carbonyl (C=O) groups excluding carboxylic acids is 1. The Hall–Kier alpha value is -2.17. The topological polar surface area (TPSA) is 87.9 Å². The minimum absolute atomic E-state index is 0.170. The Morgan fingerprint density at radius 1 is 1.63 bits per heavy atom. The zero-order chi connectivity index (χ0) is 13.7. The number of aromatic nitrogens is 3. The highest BCUT2D eigenvalue weighted by Crippen LogP contribution is 2.16. The van der Waals surface area contributed by atoms with Crippen LogP contribution in [-0.2, 0) is 6.54 Å². The molecule has 2 heterocycles. The van der Waals surface area contributed by atoms with Gasteiger partial charge < -0.3 is 10.6 Å². The Morgan fingerprint density at radius 2 is 2.47 bits per heavy atom. The lowest BCUT2D eigenvalue weighted by Gasteiger charge is -2.13. The molecular formula is C12H13N5OS. The lowest BCUT2D eigenvalue weighted by Crippen LogP contribution is -2.26. The first-order valence-electron chi connectivity index (χ1n) is 5.58. The molecule has 0 radical (unpaired) electrons. The third-order valence-corrected chi connectivity index (χ3v) is 3.28. The summed E-state index contributed by atoms with van der Waals surface area (Å²) in [4.78, 5) is 14.6. The van der Waals surface area contributed by atoms with Gasteiger partial charge in [0.2, 0.25) is 0 Å². The third kappa shape index (κ3) is 3.40. The van der Waals surface area contributed by atoms with E-state index in [4.69, 9.17) is 5.73 Å². The van der Waals surface area contributed by atoms with Crippen molar-refractivity contribution in [3.63, 3.8) is 0 Å². The summed E-state index contributed by atoms with van der Waals surface area (Å²) in [5.74, 6) is 5.59. The molecule has 0 saturated heterocycles. The van der Waals surface area contributed by atoms with Gasteiger partial charge in [0.15, 0.2) is 5.69 Å². The van der Waals surface area contributed by atoms with E-state index in [-0.39, 0.29) is 5.91 Å². The van der Waals surface area contributed by atoms with Gasteiger partial charge in [-0.05, 0) is 6.07 Å². The molecule has 0 aromatic carbocycles. The molecule has 0 unspecified atom stereocenters. The predicted molar refractivity (Wildman–Crippen MR) is 72.4 cm³/mol. The van der Waals surface area contributed by atoms with E-state index >= 15 is 0 Å². The molecule has 98 valence electrons. The molecule has 1 amide bonds. The van der Waals surface area contributed by atoms with Crippen LogP contribution in [0.25, 0.3) is 0 Å². The highest BCUT2D eigenvalue weighted by Gasteiger charge is 2.15. The number of hydrogen-bond donors (Lipinski definition) is 2. The van der Waals surface area contributed by atoms with E-state index < -0.39 is 0 Å². The van der Waals surface area contributed by atoms with Gasteiger partial charge in [-0.15, -0.1) is 11.3 Å².